The number of rotatable bonds is 3. The normalized spacial score (nSPS) is 14.4. The van der Waals surface area contributed by atoms with E-state index < -0.39 is 17.9 Å². The highest BCUT2D eigenvalue weighted by atomic mass is 19.1. The van der Waals surface area contributed by atoms with E-state index in [1.165, 1.54) is 6.07 Å². The number of carbonyl (C=O) groups is 1. The molecule has 3 nitrogen and oxygen atoms in total. The van der Waals surface area contributed by atoms with Crippen molar-refractivity contribution in [2.45, 2.75) is 18.9 Å². The van der Waals surface area contributed by atoms with Gasteiger partial charge < -0.3 is 10.8 Å². The number of hydrogen-bond donors (Lipinski definition) is 2. The molecule has 0 amide bonds. The first kappa shape index (κ1) is 12.5. The maximum atomic E-state index is 13.9. The van der Waals surface area contributed by atoms with Crippen LogP contribution in [0.25, 0.3) is 10.8 Å². The van der Waals surface area contributed by atoms with Crippen LogP contribution >= 0.6 is 0 Å². The SMILES string of the molecule is CC(c1cccc2cccc(F)c12)C(N)C(=O)O. The Balaban J connectivity index is 2.61. The zero-order valence-electron chi connectivity index (χ0n) is 9.93. The second-order valence-electron chi connectivity index (χ2n) is 4.34. The van der Waals surface area contributed by atoms with Crippen molar-refractivity contribution >= 4 is 16.7 Å². The molecule has 18 heavy (non-hydrogen) atoms. The summed E-state index contributed by atoms with van der Waals surface area (Å²) in [4.78, 5) is 10.9. The Labute approximate surface area is 104 Å². The van der Waals surface area contributed by atoms with Gasteiger partial charge in [-0.25, -0.2) is 4.39 Å². The summed E-state index contributed by atoms with van der Waals surface area (Å²) >= 11 is 0. The van der Waals surface area contributed by atoms with Crippen LogP contribution in [0.1, 0.15) is 18.4 Å². The van der Waals surface area contributed by atoms with E-state index in [1.54, 1.807) is 37.3 Å². The molecule has 2 rings (SSSR count). The fourth-order valence-corrected chi connectivity index (χ4v) is 2.11. The van der Waals surface area contributed by atoms with E-state index >= 15 is 0 Å². The Morgan fingerprint density at radius 3 is 2.50 bits per heavy atom. The van der Waals surface area contributed by atoms with Crippen LogP contribution in [-0.4, -0.2) is 17.1 Å². The van der Waals surface area contributed by atoms with Crippen molar-refractivity contribution in [3.05, 3.63) is 47.8 Å². The van der Waals surface area contributed by atoms with E-state index in [9.17, 15) is 9.18 Å². The third-order valence-electron chi connectivity index (χ3n) is 3.20. The number of hydrogen-bond acceptors (Lipinski definition) is 2. The topological polar surface area (TPSA) is 63.3 Å². The maximum absolute atomic E-state index is 13.9. The summed E-state index contributed by atoms with van der Waals surface area (Å²) in [7, 11) is 0. The van der Waals surface area contributed by atoms with Gasteiger partial charge in [0.2, 0.25) is 0 Å². The maximum Gasteiger partial charge on any atom is 0.321 e. The molecule has 0 aliphatic heterocycles. The van der Waals surface area contributed by atoms with E-state index in [2.05, 4.69) is 0 Å². The molecular weight excluding hydrogens is 233 g/mol. The first-order valence-corrected chi connectivity index (χ1v) is 5.68. The molecular formula is C14H14FNO2. The molecule has 0 aromatic heterocycles. The summed E-state index contributed by atoms with van der Waals surface area (Å²) in [6.45, 7) is 1.69. The van der Waals surface area contributed by atoms with Gasteiger partial charge in [-0.15, -0.1) is 0 Å². The third-order valence-corrected chi connectivity index (χ3v) is 3.20. The van der Waals surface area contributed by atoms with Gasteiger partial charge in [-0.05, 0) is 17.0 Å². The largest absolute Gasteiger partial charge is 0.480 e. The first-order valence-electron chi connectivity index (χ1n) is 5.68. The molecule has 0 saturated carbocycles. The van der Waals surface area contributed by atoms with Crippen molar-refractivity contribution in [2.24, 2.45) is 5.73 Å². The lowest BCUT2D eigenvalue weighted by Gasteiger charge is -2.18. The average molecular weight is 247 g/mol. The zero-order chi connectivity index (χ0) is 13.3. The minimum atomic E-state index is -1.09. The van der Waals surface area contributed by atoms with Crippen LogP contribution in [-0.2, 0) is 4.79 Å². The van der Waals surface area contributed by atoms with Crippen LogP contribution < -0.4 is 5.73 Å². The highest BCUT2D eigenvalue weighted by Gasteiger charge is 2.23. The van der Waals surface area contributed by atoms with E-state index in [-0.39, 0.29) is 5.82 Å². The van der Waals surface area contributed by atoms with Gasteiger partial charge in [-0.2, -0.15) is 0 Å². The monoisotopic (exact) mass is 247 g/mol. The zero-order valence-corrected chi connectivity index (χ0v) is 9.93. The van der Waals surface area contributed by atoms with Gasteiger partial charge in [0, 0.05) is 11.3 Å². The Hall–Kier alpha value is -1.94. The molecule has 2 atom stereocenters. The number of aliphatic carboxylic acids is 1. The van der Waals surface area contributed by atoms with Gasteiger partial charge in [0.1, 0.15) is 11.9 Å². The minimum Gasteiger partial charge on any atom is -0.480 e. The average Bonchev–Trinajstić information content (AvgIpc) is 2.36. The van der Waals surface area contributed by atoms with Crippen molar-refractivity contribution < 1.29 is 14.3 Å². The first-order chi connectivity index (χ1) is 8.52. The molecule has 4 heteroatoms. The second kappa shape index (κ2) is 4.74. The van der Waals surface area contributed by atoms with Gasteiger partial charge >= 0.3 is 5.97 Å². The quantitative estimate of drug-likeness (QED) is 0.875. The van der Waals surface area contributed by atoms with Crippen LogP contribution in [0.5, 0.6) is 0 Å². The van der Waals surface area contributed by atoms with Crippen molar-refractivity contribution in [2.75, 3.05) is 0 Å². The number of halogens is 1. The van der Waals surface area contributed by atoms with Crippen LogP contribution in [0.2, 0.25) is 0 Å². The fraction of sp³-hybridized carbons (Fsp3) is 0.214. The molecule has 94 valence electrons. The van der Waals surface area contributed by atoms with Gasteiger partial charge in [0.05, 0.1) is 0 Å². The van der Waals surface area contributed by atoms with Crippen LogP contribution in [0.4, 0.5) is 4.39 Å². The summed E-state index contributed by atoms with van der Waals surface area (Å²) in [5.74, 6) is -1.90. The molecule has 0 saturated heterocycles. The van der Waals surface area contributed by atoms with Crippen LogP contribution in [0.15, 0.2) is 36.4 Å². The minimum absolute atomic E-state index is 0.354. The summed E-state index contributed by atoms with van der Waals surface area (Å²) in [5.41, 5.74) is 6.24. The van der Waals surface area contributed by atoms with Crippen molar-refractivity contribution in [3.8, 4) is 0 Å². The van der Waals surface area contributed by atoms with E-state index in [0.717, 1.165) is 5.39 Å². The summed E-state index contributed by atoms with van der Waals surface area (Å²) in [6.07, 6.45) is 0. The molecule has 0 radical (unpaired) electrons. The standard InChI is InChI=1S/C14H14FNO2/c1-8(13(16)14(17)18)10-6-2-4-9-5-3-7-11(15)12(9)10/h2-8,13H,16H2,1H3,(H,17,18). The van der Waals surface area contributed by atoms with Gasteiger partial charge in [-0.3, -0.25) is 4.79 Å². The lowest BCUT2D eigenvalue weighted by atomic mass is 9.89. The van der Waals surface area contributed by atoms with Crippen LogP contribution in [0.3, 0.4) is 0 Å². The Morgan fingerprint density at radius 2 is 1.89 bits per heavy atom. The van der Waals surface area contributed by atoms with Crippen molar-refractivity contribution in [1.82, 2.24) is 0 Å². The molecule has 0 heterocycles. The summed E-state index contributed by atoms with van der Waals surface area (Å²) in [5, 5.41) is 10.1. The van der Waals surface area contributed by atoms with E-state index in [0.29, 0.717) is 10.9 Å². The van der Waals surface area contributed by atoms with Crippen molar-refractivity contribution in [3.63, 3.8) is 0 Å². The Morgan fingerprint density at radius 1 is 1.28 bits per heavy atom. The second-order valence-corrected chi connectivity index (χ2v) is 4.34. The molecule has 0 bridgehead atoms. The lowest BCUT2D eigenvalue weighted by Crippen LogP contribution is -2.35. The molecule has 2 unspecified atom stereocenters. The lowest BCUT2D eigenvalue weighted by molar-refractivity contribution is -0.138. The predicted octanol–water partition coefficient (Wildman–Crippen LogP) is 2.49. The third kappa shape index (κ3) is 2.07. The smallest absolute Gasteiger partial charge is 0.321 e. The summed E-state index contributed by atoms with van der Waals surface area (Å²) < 4.78 is 13.9. The molecule has 0 spiro atoms. The van der Waals surface area contributed by atoms with Gasteiger partial charge in [-0.1, -0.05) is 37.3 Å². The Kier molecular flexibility index (Phi) is 3.30. The Bertz CT molecular complexity index is 592. The number of nitrogens with two attached hydrogens (primary N) is 1. The highest BCUT2D eigenvalue weighted by Crippen LogP contribution is 2.29. The van der Waals surface area contributed by atoms with E-state index in [1.807, 2.05) is 0 Å². The van der Waals surface area contributed by atoms with Crippen molar-refractivity contribution in [1.29, 1.82) is 0 Å². The predicted molar refractivity (Wildman–Crippen MR) is 67.9 cm³/mol. The number of fused-ring (bicyclic) bond motifs is 1. The molecule has 3 N–H and O–H groups in total. The van der Waals surface area contributed by atoms with E-state index in [4.69, 9.17) is 10.8 Å². The summed E-state index contributed by atoms with van der Waals surface area (Å²) in [6, 6.07) is 9.03. The molecule has 0 fully saturated rings. The number of carboxylic acids is 1. The van der Waals surface area contributed by atoms with Gasteiger partial charge in [0.15, 0.2) is 0 Å². The highest BCUT2D eigenvalue weighted by molar-refractivity contribution is 5.87. The fourth-order valence-electron chi connectivity index (χ4n) is 2.11. The molecule has 0 aliphatic rings. The molecule has 2 aromatic rings. The molecule has 0 aliphatic carbocycles. The molecule has 2 aromatic carbocycles. The van der Waals surface area contributed by atoms with Crippen LogP contribution in [0, 0.1) is 5.82 Å². The van der Waals surface area contributed by atoms with Gasteiger partial charge in [0.25, 0.3) is 0 Å². The number of carboxylic acid groups (broad SMARTS) is 1. The number of benzene rings is 2.